The molecule has 1 unspecified atom stereocenters. The molecule has 1 heterocycles. The summed E-state index contributed by atoms with van der Waals surface area (Å²) >= 11 is 0. The number of likely N-dealkylation sites (tertiary alicyclic amines) is 1. The average molecular weight is 237 g/mol. The number of hydrogen-bond acceptors (Lipinski definition) is 2. The molecule has 0 N–H and O–H groups in total. The first-order valence-electron chi connectivity index (χ1n) is 6.57. The molecule has 17 heavy (non-hydrogen) atoms. The minimum absolute atomic E-state index is 0.300. The van der Waals surface area contributed by atoms with E-state index in [1.54, 1.807) is 0 Å². The maximum absolute atomic E-state index is 11.9. The summed E-state index contributed by atoms with van der Waals surface area (Å²) in [7, 11) is 0. The first-order chi connectivity index (χ1) is 8.27. The number of ether oxygens (including phenoxy) is 1. The van der Waals surface area contributed by atoms with Gasteiger partial charge >= 0.3 is 0 Å². The molecule has 1 amide bonds. The molecule has 0 aromatic heterocycles. The van der Waals surface area contributed by atoms with Gasteiger partial charge in [0.05, 0.1) is 6.61 Å². The Kier molecular flexibility index (Phi) is 6.73. The van der Waals surface area contributed by atoms with Gasteiger partial charge in [0.15, 0.2) is 0 Å². The molecule has 1 aliphatic heterocycles. The van der Waals surface area contributed by atoms with E-state index < -0.39 is 0 Å². The van der Waals surface area contributed by atoms with Crippen molar-refractivity contribution in [1.82, 2.24) is 4.90 Å². The number of terminal acetylenes is 1. The largest absolute Gasteiger partial charge is 0.368 e. The van der Waals surface area contributed by atoms with Gasteiger partial charge in [-0.05, 0) is 25.2 Å². The Balaban J connectivity index is 2.28. The molecule has 0 radical (unpaired) electrons. The topological polar surface area (TPSA) is 29.5 Å². The fourth-order valence-corrected chi connectivity index (χ4v) is 2.20. The van der Waals surface area contributed by atoms with Crippen molar-refractivity contribution in [3.63, 3.8) is 0 Å². The molecule has 1 saturated heterocycles. The van der Waals surface area contributed by atoms with Crippen LogP contribution < -0.4 is 0 Å². The molecule has 0 saturated carbocycles. The number of unbranched alkanes of at least 4 members (excludes halogenated alkanes) is 1. The number of carbonyl (C=O) groups is 1. The molecule has 0 aromatic rings. The lowest BCUT2D eigenvalue weighted by Gasteiger charge is -2.32. The minimum Gasteiger partial charge on any atom is -0.368 e. The molecule has 3 heteroatoms. The standard InChI is InChI=1S/C14H23NO2/c1-3-5-8-14(16)15-9-6-7-13(11-15)12-17-10-4-2/h2,13H,3,5-12H2,1H3. The summed E-state index contributed by atoms with van der Waals surface area (Å²) < 4.78 is 5.36. The van der Waals surface area contributed by atoms with E-state index in [1.165, 1.54) is 0 Å². The van der Waals surface area contributed by atoms with E-state index in [2.05, 4.69) is 12.8 Å². The van der Waals surface area contributed by atoms with Gasteiger partial charge in [-0.2, -0.15) is 0 Å². The van der Waals surface area contributed by atoms with Crippen LogP contribution in [0.15, 0.2) is 0 Å². The van der Waals surface area contributed by atoms with Crippen molar-refractivity contribution in [3.8, 4) is 12.3 Å². The van der Waals surface area contributed by atoms with Crippen molar-refractivity contribution < 1.29 is 9.53 Å². The van der Waals surface area contributed by atoms with E-state index >= 15 is 0 Å². The Morgan fingerprint density at radius 1 is 1.59 bits per heavy atom. The van der Waals surface area contributed by atoms with Crippen molar-refractivity contribution in [3.05, 3.63) is 0 Å². The zero-order valence-corrected chi connectivity index (χ0v) is 10.8. The number of amides is 1. The van der Waals surface area contributed by atoms with Gasteiger partial charge in [-0.25, -0.2) is 0 Å². The van der Waals surface area contributed by atoms with E-state index in [4.69, 9.17) is 11.2 Å². The van der Waals surface area contributed by atoms with Crippen molar-refractivity contribution in [2.24, 2.45) is 5.92 Å². The second-order valence-electron chi connectivity index (χ2n) is 4.67. The van der Waals surface area contributed by atoms with Gasteiger partial charge in [0.2, 0.25) is 5.91 Å². The van der Waals surface area contributed by atoms with Crippen LogP contribution in [0.2, 0.25) is 0 Å². The predicted molar refractivity (Wildman–Crippen MR) is 68.5 cm³/mol. The Morgan fingerprint density at radius 3 is 3.12 bits per heavy atom. The summed E-state index contributed by atoms with van der Waals surface area (Å²) in [6.45, 7) is 4.92. The SMILES string of the molecule is C#CCOCC1CCCN(C(=O)CCCC)C1. The van der Waals surface area contributed by atoms with Crippen LogP contribution >= 0.6 is 0 Å². The average Bonchev–Trinajstić information content (AvgIpc) is 2.36. The monoisotopic (exact) mass is 237 g/mol. The van der Waals surface area contributed by atoms with E-state index in [0.717, 1.165) is 38.8 Å². The second-order valence-corrected chi connectivity index (χ2v) is 4.67. The van der Waals surface area contributed by atoms with Crippen molar-refractivity contribution in [2.75, 3.05) is 26.3 Å². The Labute approximate surface area is 105 Å². The van der Waals surface area contributed by atoms with Gasteiger partial charge in [0, 0.05) is 19.5 Å². The van der Waals surface area contributed by atoms with E-state index in [1.807, 2.05) is 4.90 Å². The normalized spacial score (nSPS) is 20.0. The van der Waals surface area contributed by atoms with E-state index in [9.17, 15) is 4.79 Å². The molecule has 3 nitrogen and oxygen atoms in total. The molecule has 1 fully saturated rings. The smallest absolute Gasteiger partial charge is 0.222 e. The van der Waals surface area contributed by atoms with Gasteiger partial charge in [-0.15, -0.1) is 6.42 Å². The summed E-state index contributed by atoms with van der Waals surface area (Å²) in [5, 5.41) is 0. The zero-order valence-electron chi connectivity index (χ0n) is 10.8. The first-order valence-corrected chi connectivity index (χ1v) is 6.57. The van der Waals surface area contributed by atoms with Crippen LogP contribution in [0.4, 0.5) is 0 Å². The molecular formula is C14H23NO2. The first kappa shape index (κ1) is 14.1. The second kappa shape index (κ2) is 8.14. The molecule has 0 bridgehead atoms. The summed E-state index contributed by atoms with van der Waals surface area (Å²) in [5.74, 6) is 3.23. The third-order valence-corrected chi connectivity index (χ3v) is 3.15. The molecule has 1 aliphatic rings. The fourth-order valence-electron chi connectivity index (χ4n) is 2.20. The van der Waals surface area contributed by atoms with Crippen molar-refractivity contribution in [1.29, 1.82) is 0 Å². The van der Waals surface area contributed by atoms with E-state index in [0.29, 0.717) is 31.5 Å². The number of hydrogen-bond donors (Lipinski definition) is 0. The lowest BCUT2D eigenvalue weighted by Crippen LogP contribution is -2.41. The molecule has 0 aliphatic carbocycles. The van der Waals surface area contributed by atoms with Crippen molar-refractivity contribution in [2.45, 2.75) is 39.0 Å². The van der Waals surface area contributed by atoms with Crippen LogP contribution in [-0.4, -0.2) is 37.1 Å². The predicted octanol–water partition coefficient (Wildman–Crippen LogP) is 2.06. The molecular weight excluding hydrogens is 214 g/mol. The highest BCUT2D eigenvalue weighted by molar-refractivity contribution is 5.76. The minimum atomic E-state index is 0.300. The molecule has 0 aromatic carbocycles. The summed E-state index contributed by atoms with van der Waals surface area (Å²) in [6, 6.07) is 0. The molecule has 1 rings (SSSR count). The molecule has 96 valence electrons. The number of rotatable bonds is 6. The van der Waals surface area contributed by atoms with Crippen LogP contribution in [0, 0.1) is 18.3 Å². The molecule has 1 atom stereocenters. The fraction of sp³-hybridized carbons (Fsp3) is 0.786. The zero-order chi connectivity index (χ0) is 12.5. The van der Waals surface area contributed by atoms with Gasteiger partial charge in [-0.3, -0.25) is 4.79 Å². The van der Waals surface area contributed by atoms with Gasteiger partial charge < -0.3 is 9.64 Å². The maximum atomic E-state index is 11.9. The van der Waals surface area contributed by atoms with Crippen LogP contribution in [0.5, 0.6) is 0 Å². The summed E-state index contributed by atoms with van der Waals surface area (Å²) in [5.41, 5.74) is 0. The Morgan fingerprint density at radius 2 is 2.41 bits per heavy atom. The summed E-state index contributed by atoms with van der Waals surface area (Å²) in [6.07, 6.45) is 10.1. The van der Waals surface area contributed by atoms with Crippen molar-refractivity contribution >= 4 is 5.91 Å². The Hall–Kier alpha value is -1.01. The Bertz CT molecular complexity index is 270. The third-order valence-electron chi connectivity index (χ3n) is 3.15. The van der Waals surface area contributed by atoms with Crippen LogP contribution in [0.1, 0.15) is 39.0 Å². The lowest BCUT2D eigenvalue weighted by molar-refractivity contribution is -0.133. The van der Waals surface area contributed by atoms with E-state index in [-0.39, 0.29) is 0 Å². The number of nitrogens with zero attached hydrogens (tertiary/aromatic N) is 1. The van der Waals surface area contributed by atoms with Gasteiger partial charge in [0.25, 0.3) is 0 Å². The van der Waals surface area contributed by atoms with Crippen LogP contribution in [-0.2, 0) is 9.53 Å². The maximum Gasteiger partial charge on any atom is 0.222 e. The van der Waals surface area contributed by atoms with Crippen LogP contribution in [0.25, 0.3) is 0 Å². The molecule has 0 spiro atoms. The number of piperidine rings is 1. The highest BCUT2D eigenvalue weighted by Crippen LogP contribution is 2.18. The highest BCUT2D eigenvalue weighted by atomic mass is 16.5. The third kappa shape index (κ3) is 5.23. The van der Waals surface area contributed by atoms with Gasteiger partial charge in [0.1, 0.15) is 6.61 Å². The highest BCUT2D eigenvalue weighted by Gasteiger charge is 2.23. The quantitative estimate of drug-likeness (QED) is 0.523. The number of carbonyl (C=O) groups excluding carboxylic acids is 1. The van der Waals surface area contributed by atoms with Crippen LogP contribution in [0.3, 0.4) is 0 Å². The lowest BCUT2D eigenvalue weighted by atomic mass is 9.98. The summed E-state index contributed by atoms with van der Waals surface area (Å²) in [4.78, 5) is 13.9. The van der Waals surface area contributed by atoms with Gasteiger partial charge in [-0.1, -0.05) is 19.3 Å².